The molecule has 16 nitrogen and oxygen atoms in total. The lowest BCUT2D eigenvalue weighted by molar-refractivity contribution is -0.142. The average Bonchev–Trinajstić information content (AvgIpc) is 3.32. The minimum atomic E-state index is -1.42. The largest absolute Gasteiger partial charge is 0.481 e. The highest BCUT2D eigenvalue weighted by molar-refractivity contribution is 5.95. The fraction of sp³-hybridized carbons (Fsp3) is 0.571. The van der Waals surface area contributed by atoms with Gasteiger partial charge in [-0.2, -0.15) is 0 Å². The second-order valence-electron chi connectivity index (χ2n) is 8.30. The summed E-state index contributed by atoms with van der Waals surface area (Å²) >= 11 is 0. The molecule has 1 heterocycles. The van der Waals surface area contributed by atoms with Crippen molar-refractivity contribution in [3.05, 3.63) is 18.2 Å². The third-order valence-corrected chi connectivity index (χ3v) is 5.22. The summed E-state index contributed by atoms with van der Waals surface area (Å²) in [5.74, 6) is -6.01. The summed E-state index contributed by atoms with van der Waals surface area (Å²) in [5.41, 5.74) is 16.7. The Morgan fingerprint density at radius 1 is 0.919 bits per heavy atom. The molecule has 4 atom stereocenters. The van der Waals surface area contributed by atoms with Gasteiger partial charge in [0.2, 0.25) is 23.6 Å². The van der Waals surface area contributed by atoms with E-state index in [0.717, 1.165) is 0 Å². The molecule has 16 heteroatoms. The Balaban J connectivity index is 3.01. The van der Waals surface area contributed by atoms with Gasteiger partial charge in [0, 0.05) is 24.7 Å². The molecule has 12 N–H and O–H groups in total. The molecule has 1 aromatic heterocycles. The summed E-state index contributed by atoms with van der Waals surface area (Å²) in [4.78, 5) is 78.6. The topological polar surface area (TPSA) is 286 Å². The SMILES string of the molecule is NCCCCC(NC(=O)C(N)CC(=O)O)C(=O)NC(CCC(N)=O)C(=O)NC(Cc1cnc[nH]1)C(=O)O. The number of nitrogens with zero attached hydrogens (tertiary/aromatic N) is 1. The summed E-state index contributed by atoms with van der Waals surface area (Å²) in [7, 11) is 0. The highest BCUT2D eigenvalue weighted by Crippen LogP contribution is 2.06. The maximum atomic E-state index is 13.0. The Bertz CT molecular complexity index is 939. The van der Waals surface area contributed by atoms with E-state index < -0.39 is 66.2 Å². The number of nitrogens with two attached hydrogens (primary N) is 3. The second-order valence-corrected chi connectivity index (χ2v) is 8.30. The zero-order valence-corrected chi connectivity index (χ0v) is 20.1. The van der Waals surface area contributed by atoms with Gasteiger partial charge in [0.05, 0.1) is 18.8 Å². The zero-order chi connectivity index (χ0) is 28.0. The third-order valence-electron chi connectivity index (χ3n) is 5.22. The van der Waals surface area contributed by atoms with Gasteiger partial charge in [0.25, 0.3) is 0 Å². The van der Waals surface area contributed by atoms with E-state index in [-0.39, 0.29) is 25.7 Å². The lowest BCUT2D eigenvalue weighted by atomic mass is 10.0. The van der Waals surface area contributed by atoms with Gasteiger partial charge in [-0.15, -0.1) is 0 Å². The number of carbonyl (C=O) groups excluding carboxylic acids is 4. The molecule has 1 rings (SSSR count). The number of aromatic amines is 1. The zero-order valence-electron chi connectivity index (χ0n) is 20.1. The molecule has 4 amide bonds. The van der Waals surface area contributed by atoms with E-state index in [1.54, 1.807) is 0 Å². The number of rotatable bonds is 18. The predicted octanol–water partition coefficient (Wildman–Crippen LogP) is -3.31. The molecule has 0 aromatic carbocycles. The first-order valence-electron chi connectivity index (χ1n) is 11.5. The smallest absolute Gasteiger partial charge is 0.326 e. The van der Waals surface area contributed by atoms with Crippen molar-refractivity contribution >= 4 is 35.6 Å². The number of H-pyrrole nitrogens is 1. The van der Waals surface area contributed by atoms with Crippen LogP contribution in [0, 0.1) is 0 Å². The number of primary amides is 1. The summed E-state index contributed by atoms with van der Waals surface area (Å²) < 4.78 is 0. The molecule has 206 valence electrons. The molecule has 0 aliphatic heterocycles. The lowest BCUT2D eigenvalue weighted by Gasteiger charge is -2.25. The summed E-state index contributed by atoms with van der Waals surface area (Å²) in [5, 5.41) is 25.4. The maximum Gasteiger partial charge on any atom is 0.326 e. The van der Waals surface area contributed by atoms with Gasteiger partial charge in [0.15, 0.2) is 0 Å². The molecule has 0 saturated heterocycles. The van der Waals surface area contributed by atoms with Gasteiger partial charge in [-0.25, -0.2) is 9.78 Å². The molecule has 0 aliphatic carbocycles. The minimum Gasteiger partial charge on any atom is -0.481 e. The van der Waals surface area contributed by atoms with Crippen LogP contribution in [0.2, 0.25) is 0 Å². The maximum absolute atomic E-state index is 13.0. The number of carbonyl (C=O) groups is 6. The van der Waals surface area contributed by atoms with Gasteiger partial charge >= 0.3 is 11.9 Å². The number of amides is 4. The molecule has 0 aliphatic rings. The van der Waals surface area contributed by atoms with Crippen molar-refractivity contribution < 1.29 is 39.0 Å². The van der Waals surface area contributed by atoms with Gasteiger partial charge in [-0.1, -0.05) is 0 Å². The number of nitrogens with one attached hydrogen (secondary N) is 4. The Labute approximate surface area is 212 Å². The molecule has 4 unspecified atom stereocenters. The molecule has 37 heavy (non-hydrogen) atoms. The van der Waals surface area contributed by atoms with Crippen LogP contribution in [-0.4, -0.2) is 86.5 Å². The Morgan fingerprint density at radius 2 is 1.51 bits per heavy atom. The number of hydrogen-bond donors (Lipinski definition) is 9. The second kappa shape index (κ2) is 15.8. The number of hydrogen-bond acceptors (Lipinski definition) is 9. The number of aliphatic carboxylic acids is 2. The van der Waals surface area contributed by atoms with E-state index in [4.69, 9.17) is 22.3 Å². The normalized spacial score (nSPS) is 14.0. The van der Waals surface area contributed by atoms with Crippen molar-refractivity contribution in [1.82, 2.24) is 25.9 Å². The molecular formula is C21H34N8O8. The summed E-state index contributed by atoms with van der Waals surface area (Å²) in [6.07, 6.45) is 2.40. The fourth-order valence-corrected chi connectivity index (χ4v) is 3.24. The van der Waals surface area contributed by atoms with Crippen molar-refractivity contribution in [1.29, 1.82) is 0 Å². The number of aromatic nitrogens is 2. The van der Waals surface area contributed by atoms with Crippen LogP contribution in [0.4, 0.5) is 0 Å². The van der Waals surface area contributed by atoms with Gasteiger partial charge < -0.3 is 48.3 Å². The molecule has 0 fully saturated rings. The highest BCUT2D eigenvalue weighted by atomic mass is 16.4. The average molecular weight is 527 g/mol. The number of unbranched alkanes of at least 4 members (excludes halogenated alkanes) is 1. The van der Waals surface area contributed by atoms with Crippen LogP contribution in [0.5, 0.6) is 0 Å². The van der Waals surface area contributed by atoms with Crippen LogP contribution >= 0.6 is 0 Å². The minimum absolute atomic E-state index is 0.0935. The first-order valence-corrected chi connectivity index (χ1v) is 11.5. The molecular weight excluding hydrogens is 492 g/mol. The highest BCUT2D eigenvalue weighted by Gasteiger charge is 2.31. The van der Waals surface area contributed by atoms with Crippen molar-refractivity contribution in [3.8, 4) is 0 Å². The first-order chi connectivity index (χ1) is 17.4. The van der Waals surface area contributed by atoms with Gasteiger partial charge in [-0.3, -0.25) is 24.0 Å². The monoisotopic (exact) mass is 526 g/mol. The first kappa shape index (κ1) is 31.0. The van der Waals surface area contributed by atoms with Crippen molar-refractivity contribution in [2.24, 2.45) is 17.2 Å². The molecule has 0 bridgehead atoms. The van der Waals surface area contributed by atoms with Crippen LogP contribution in [0.1, 0.15) is 44.2 Å². The van der Waals surface area contributed by atoms with E-state index in [1.807, 2.05) is 0 Å². The van der Waals surface area contributed by atoms with Crippen molar-refractivity contribution in [2.45, 2.75) is 69.1 Å². The van der Waals surface area contributed by atoms with E-state index in [2.05, 4.69) is 25.9 Å². The van der Waals surface area contributed by atoms with Gasteiger partial charge in [0.1, 0.15) is 18.1 Å². The lowest BCUT2D eigenvalue weighted by Crippen LogP contribution is -2.57. The van der Waals surface area contributed by atoms with E-state index in [9.17, 15) is 33.9 Å². The van der Waals surface area contributed by atoms with Crippen LogP contribution in [0.3, 0.4) is 0 Å². The van der Waals surface area contributed by atoms with E-state index in [1.165, 1.54) is 12.5 Å². The Hall–Kier alpha value is -4.05. The number of carboxylic acid groups (broad SMARTS) is 2. The molecule has 0 spiro atoms. The Kier molecular flexibility index (Phi) is 13.3. The van der Waals surface area contributed by atoms with Crippen LogP contribution in [-0.2, 0) is 35.2 Å². The predicted molar refractivity (Wildman–Crippen MR) is 127 cm³/mol. The Morgan fingerprint density at radius 3 is 2.03 bits per heavy atom. The molecule has 1 aromatic rings. The standard InChI is InChI=1S/C21H34N8O8/c22-6-2-1-3-13(27-18(33)12(23)8-17(31)32)19(34)28-14(4-5-16(24)30)20(35)29-15(21(36)37)7-11-9-25-10-26-11/h9-10,12-15H,1-8,22-23H2,(H2,24,30)(H,25,26)(H,27,33)(H,28,34)(H,29,35)(H,31,32)(H,36,37). The van der Waals surface area contributed by atoms with Crippen LogP contribution < -0.4 is 33.2 Å². The van der Waals surface area contributed by atoms with Crippen molar-refractivity contribution in [2.75, 3.05) is 6.54 Å². The number of carboxylic acids is 2. The molecule has 0 radical (unpaired) electrons. The fourth-order valence-electron chi connectivity index (χ4n) is 3.24. The summed E-state index contributed by atoms with van der Waals surface area (Å²) in [6, 6.07) is -5.38. The number of imidazole rings is 1. The molecule has 0 saturated carbocycles. The summed E-state index contributed by atoms with van der Waals surface area (Å²) in [6.45, 7) is 0.317. The van der Waals surface area contributed by atoms with Gasteiger partial charge in [-0.05, 0) is 32.2 Å². The van der Waals surface area contributed by atoms with E-state index in [0.29, 0.717) is 25.1 Å². The van der Waals surface area contributed by atoms with Crippen LogP contribution in [0.25, 0.3) is 0 Å². The van der Waals surface area contributed by atoms with Crippen molar-refractivity contribution in [3.63, 3.8) is 0 Å². The quantitative estimate of drug-likeness (QED) is 0.0853. The third kappa shape index (κ3) is 12.0. The van der Waals surface area contributed by atoms with Crippen LogP contribution in [0.15, 0.2) is 12.5 Å². The van der Waals surface area contributed by atoms with E-state index >= 15 is 0 Å².